The summed E-state index contributed by atoms with van der Waals surface area (Å²) in [6, 6.07) is 3.06. The van der Waals surface area contributed by atoms with Crippen LogP contribution in [0.1, 0.15) is 31.4 Å². The predicted molar refractivity (Wildman–Crippen MR) is 70.3 cm³/mol. The highest BCUT2D eigenvalue weighted by Crippen LogP contribution is 2.37. The highest BCUT2D eigenvalue weighted by molar-refractivity contribution is 5.85. The predicted octanol–water partition coefficient (Wildman–Crippen LogP) is 2.63. The normalized spacial score (nSPS) is 11.5. The van der Waals surface area contributed by atoms with E-state index in [-0.39, 0.29) is 24.2 Å². The summed E-state index contributed by atoms with van der Waals surface area (Å²) < 4.78 is 10.3. The Hall–Kier alpha value is -1.13. The van der Waals surface area contributed by atoms with E-state index in [4.69, 9.17) is 15.2 Å². The van der Waals surface area contributed by atoms with Crippen LogP contribution in [-0.2, 0) is 0 Å². The molecule has 0 unspecified atom stereocenters. The molecule has 0 fully saturated rings. The van der Waals surface area contributed by atoms with Crippen molar-refractivity contribution in [1.82, 2.24) is 0 Å². The van der Waals surface area contributed by atoms with E-state index in [1.54, 1.807) is 26.4 Å². The van der Waals surface area contributed by atoms with Gasteiger partial charge in [0.15, 0.2) is 0 Å². The zero-order chi connectivity index (χ0) is 12.1. The van der Waals surface area contributed by atoms with Crippen molar-refractivity contribution in [3.05, 3.63) is 17.7 Å². The number of hydrogen-bond donors (Lipinski definition) is 2. The van der Waals surface area contributed by atoms with Gasteiger partial charge in [0.25, 0.3) is 0 Å². The Morgan fingerprint density at radius 2 is 1.94 bits per heavy atom. The molecule has 5 heteroatoms. The molecule has 1 atom stereocenters. The van der Waals surface area contributed by atoms with Crippen LogP contribution in [0.3, 0.4) is 0 Å². The minimum atomic E-state index is -0.217. The molecule has 0 aliphatic carbocycles. The number of methoxy groups -OCH3 is 2. The Labute approximate surface area is 108 Å². The smallest absolute Gasteiger partial charge is 0.131 e. The van der Waals surface area contributed by atoms with E-state index in [2.05, 4.69) is 0 Å². The molecule has 0 amide bonds. The van der Waals surface area contributed by atoms with Gasteiger partial charge in [-0.05, 0) is 6.42 Å². The maximum absolute atomic E-state index is 9.89. The molecule has 17 heavy (non-hydrogen) atoms. The number of phenols is 1. The quantitative estimate of drug-likeness (QED) is 0.855. The van der Waals surface area contributed by atoms with Gasteiger partial charge in [-0.3, -0.25) is 0 Å². The molecule has 1 rings (SSSR count). The van der Waals surface area contributed by atoms with Gasteiger partial charge in [-0.25, -0.2) is 0 Å². The van der Waals surface area contributed by atoms with Gasteiger partial charge in [0.1, 0.15) is 17.2 Å². The summed E-state index contributed by atoms with van der Waals surface area (Å²) in [6.45, 7) is 2.05. The number of rotatable bonds is 5. The van der Waals surface area contributed by atoms with E-state index in [9.17, 15) is 5.11 Å². The van der Waals surface area contributed by atoms with Crippen molar-refractivity contribution in [2.24, 2.45) is 5.73 Å². The van der Waals surface area contributed by atoms with Crippen LogP contribution in [0.2, 0.25) is 0 Å². The lowest BCUT2D eigenvalue weighted by Crippen LogP contribution is -2.11. The Morgan fingerprint density at radius 1 is 1.29 bits per heavy atom. The molecular formula is C12H20ClNO3. The van der Waals surface area contributed by atoms with Gasteiger partial charge >= 0.3 is 0 Å². The molecule has 0 saturated heterocycles. The van der Waals surface area contributed by atoms with Crippen molar-refractivity contribution in [2.45, 2.75) is 25.8 Å². The van der Waals surface area contributed by atoms with Crippen LogP contribution in [0, 0.1) is 0 Å². The lowest BCUT2D eigenvalue weighted by molar-refractivity contribution is 0.373. The number of hydrogen-bond acceptors (Lipinski definition) is 4. The molecule has 0 heterocycles. The summed E-state index contributed by atoms with van der Waals surface area (Å²) in [4.78, 5) is 0. The van der Waals surface area contributed by atoms with Crippen LogP contribution in [0.25, 0.3) is 0 Å². The van der Waals surface area contributed by atoms with Gasteiger partial charge in [0, 0.05) is 18.2 Å². The summed E-state index contributed by atoms with van der Waals surface area (Å²) in [5, 5.41) is 9.89. The fourth-order valence-corrected chi connectivity index (χ4v) is 1.70. The molecular weight excluding hydrogens is 242 g/mol. The van der Waals surface area contributed by atoms with Gasteiger partial charge in [-0.15, -0.1) is 12.4 Å². The van der Waals surface area contributed by atoms with Crippen LogP contribution in [0.15, 0.2) is 12.1 Å². The van der Waals surface area contributed by atoms with Crippen molar-refractivity contribution >= 4 is 12.4 Å². The maximum Gasteiger partial charge on any atom is 0.131 e. The first-order valence-electron chi connectivity index (χ1n) is 5.34. The minimum Gasteiger partial charge on any atom is -0.507 e. The lowest BCUT2D eigenvalue weighted by Gasteiger charge is -2.17. The zero-order valence-electron chi connectivity index (χ0n) is 10.4. The van der Waals surface area contributed by atoms with Crippen LogP contribution in [0.4, 0.5) is 0 Å². The van der Waals surface area contributed by atoms with Crippen LogP contribution in [0.5, 0.6) is 17.2 Å². The van der Waals surface area contributed by atoms with Crippen LogP contribution in [-0.4, -0.2) is 19.3 Å². The zero-order valence-corrected chi connectivity index (χ0v) is 11.2. The fourth-order valence-electron chi connectivity index (χ4n) is 1.70. The highest BCUT2D eigenvalue weighted by atomic mass is 35.5. The second-order valence-corrected chi connectivity index (χ2v) is 3.66. The standard InChI is InChI=1S/C12H19NO3.ClH/c1-4-5-9(13)12-10(14)6-8(15-2)7-11(12)16-3;/h6-7,9,14H,4-5,13H2,1-3H3;1H/t9-;/m0./s1. The molecule has 0 aliphatic heterocycles. The Bertz CT molecular complexity index is 358. The Balaban J connectivity index is 0.00000256. The van der Waals surface area contributed by atoms with E-state index in [0.717, 1.165) is 12.8 Å². The van der Waals surface area contributed by atoms with Crippen LogP contribution < -0.4 is 15.2 Å². The van der Waals surface area contributed by atoms with Crippen molar-refractivity contribution in [1.29, 1.82) is 0 Å². The molecule has 1 aromatic rings. The van der Waals surface area contributed by atoms with Gasteiger partial charge in [0.2, 0.25) is 0 Å². The van der Waals surface area contributed by atoms with Crippen LogP contribution >= 0.6 is 12.4 Å². The maximum atomic E-state index is 9.89. The van der Waals surface area contributed by atoms with Gasteiger partial charge < -0.3 is 20.3 Å². The fraction of sp³-hybridized carbons (Fsp3) is 0.500. The molecule has 3 N–H and O–H groups in total. The second-order valence-electron chi connectivity index (χ2n) is 3.66. The molecule has 0 saturated carbocycles. The number of nitrogens with two attached hydrogens (primary N) is 1. The SMILES string of the molecule is CCC[C@H](N)c1c(O)cc(OC)cc1OC.Cl. The number of benzene rings is 1. The number of halogens is 1. The second kappa shape index (κ2) is 7.25. The van der Waals surface area contributed by atoms with Crippen molar-refractivity contribution < 1.29 is 14.6 Å². The Kier molecular flexibility index (Phi) is 6.76. The summed E-state index contributed by atoms with van der Waals surface area (Å²) in [5.74, 6) is 1.25. The summed E-state index contributed by atoms with van der Waals surface area (Å²) in [5.41, 5.74) is 6.64. The average molecular weight is 262 g/mol. The number of ether oxygens (including phenoxy) is 2. The average Bonchev–Trinajstić information content (AvgIpc) is 2.27. The molecule has 0 spiro atoms. The third-order valence-electron chi connectivity index (χ3n) is 2.52. The monoisotopic (exact) mass is 261 g/mol. The molecule has 4 nitrogen and oxygen atoms in total. The van der Waals surface area contributed by atoms with Crippen molar-refractivity contribution in [3.63, 3.8) is 0 Å². The first kappa shape index (κ1) is 15.9. The third-order valence-corrected chi connectivity index (χ3v) is 2.52. The summed E-state index contributed by atoms with van der Waals surface area (Å²) >= 11 is 0. The minimum absolute atomic E-state index is 0. The summed E-state index contributed by atoms with van der Waals surface area (Å²) in [6.07, 6.45) is 1.76. The van der Waals surface area contributed by atoms with Gasteiger partial charge in [-0.2, -0.15) is 0 Å². The van der Waals surface area contributed by atoms with E-state index in [0.29, 0.717) is 17.1 Å². The van der Waals surface area contributed by atoms with E-state index in [1.165, 1.54) is 0 Å². The topological polar surface area (TPSA) is 64.7 Å². The molecule has 0 bridgehead atoms. The molecule has 98 valence electrons. The largest absolute Gasteiger partial charge is 0.507 e. The van der Waals surface area contributed by atoms with Gasteiger partial charge in [-0.1, -0.05) is 13.3 Å². The lowest BCUT2D eigenvalue weighted by atomic mass is 10.0. The molecule has 1 aromatic carbocycles. The number of phenolic OH excluding ortho intramolecular Hbond substituents is 1. The Morgan fingerprint density at radius 3 is 2.41 bits per heavy atom. The van der Waals surface area contributed by atoms with Gasteiger partial charge in [0.05, 0.1) is 19.8 Å². The van der Waals surface area contributed by atoms with E-state index < -0.39 is 0 Å². The van der Waals surface area contributed by atoms with E-state index >= 15 is 0 Å². The highest BCUT2D eigenvalue weighted by Gasteiger charge is 2.17. The van der Waals surface area contributed by atoms with E-state index in [1.807, 2.05) is 6.92 Å². The first-order chi connectivity index (χ1) is 7.63. The third kappa shape index (κ3) is 3.68. The first-order valence-corrected chi connectivity index (χ1v) is 5.34. The number of aromatic hydroxyl groups is 1. The van der Waals surface area contributed by atoms with Crippen molar-refractivity contribution in [3.8, 4) is 17.2 Å². The molecule has 0 aromatic heterocycles. The van der Waals surface area contributed by atoms with Crippen molar-refractivity contribution in [2.75, 3.05) is 14.2 Å². The summed E-state index contributed by atoms with van der Waals surface area (Å²) in [7, 11) is 3.09. The molecule has 0 aliphatic rings. The molecule has 0 radical (unpaired) electrons.